The Hall–Kier alpha value is -1.29. The summed E-state index contributed by atoms with van der Waals surface area (Å²) in [6.45, 7) is 6.33. The molecule has 4 nitrogen and oxygen atoms in total. The van der Waals surface area contributed by atoms with Gasteiger partial charge < -0.3 is 15.0 Å². The number of ether oxygens (including phenoxy) is 1. The largest absolute Gasteiger partial charge is 0.345 e. The molecule has 0 saturated heterocycles. The van der Waals surface area contributed by atoms with Gasteiger partial charge in [0.15, 0.2) is 6.23 Å². The second-order valence-electron chi connectivity index (χ2n) is 4.46. The maximum atomic E-state index is 11.2. The van der Waals surface area contributed by atoms with E-state index in [2.05, 4.69) is 5.32 Å². The smallest absolute Gasteiger partial charge is 0.249 e. The second-order valence-corrected chi connectivity index (χ2v) is 4.46. The van der Waals surface area contributed by atoms with Crippen LogP contribution in [0.15, 0.2) is 23.9 Å². The van der Waals surface area contributed by atoms with Crippen molar-refractivity contribution in [1.29, 1.82) is 0 Å². The lowest BCUT2D eigenvalue weighted by molar-refractivity contribution is -0.120. The average Bonchev–Trinajstić information content (AvgIpc) is 2.51. The van der Waals surface area contributed by atoms with Gasteiger partial charge in [0.25, 0.3) is 0 Å². The Morgan fingerprint density at radius 2 is 2.33 bits per heavy atom. The Kier molecular flexibility index (Phi) is 2.31. The first-order valence-electron chi connectivity index (χ1n) is 5.07. The van der Waals surface area contributed by atoms with Gasteiger partial charge in [0.1, 0.15) is 0 Å². The summed E-state index contributed by atoms with van der Waals surface area (Å²) in [4.78, 5) is 13.2. The van der Waals surface area contributed by atoms with Gasteiger partial charge in [-0.1, -0.05) is 6.08 Å². The first kappa shape index (κ1) is 10.2. The standard InChI is InChI=1S/C11H16N2O2/c1-8-6-13(7-12-10(8)14)9-4-5-11(2,3)15-9/h4-6,9H,7H2,1-3H3,(H,12,14). The van der Waals surface area contributed by atoms with Crippen LogP contribution in [-0.2, 0) is 9.53 Å². The molecule has 2 heterocycles. The number of hydrogen-bond donors (Lipinski definition) is 1. The van der Waals surface area contributed by atoms with Crippen molar-refractivity contribution in [1.82, 2.24) is 10.2 Å². The summed E-state index contributed by atoms with van der Waals surface area (Å²) in [6, 6.07) is 0. The quantitative estimate of drug-likeness (QED) is 0.653. The molecule has 82 valence electrons. The molecule has 1 unspecified atom stereocenters. The van der Waals surface area contributed by atoms with Crippen molar-refractivity contribution in [3.63, 3.8) is 0 Å². The molecule has 2 aliphatic heterocycles. The van der Waals surface area contributed by atoms with Gasteiger partial charge in [-0.25, -0.2) is 0 Å². The van der Waals surface area contributed by atoms with Crippen LogP contribution in [0.25, 0.3) is 0 Å². The van der Waals surface area contributed by atoms with Gasteiger partial charge in [0, 0.05) is 11.8 Å². The third-order valence-corrected chi connectivity index (χ3v) is 2.55. The zero-order chi connectivity index (χ0) is 11.1. The van der Waals surface area contributed by atoms with E-state index in [4.69, 9.17) is 4.74 Å². The topological polar surface area (TPSA) is 41.6 Å². The van der Waals surface area contributed by atoms with Crippen molar-refractivity contribution >= 4 is 5.91 Å². The van der Waals surface area contributed by atoms with E-state index in [1.54, 1.807) is 6.92 Å². The second kappa shape index (κ2) is 3.38. The van der Waals surface area contributed by atoms with Crippen LogP contribution in [0.2, 0.25) is 0 Å². The summed E-state index contributed by atoms with van der Waals surface area (Å²) in [7, 11) is 0. The Morgan fingerprint density at radius 3 is 2.87 bits per heavy atom. The predicted molar refractivity (Wildman–Crippen MR) is 56.7 cm³/mol. The molecule has 0 spiro atoms. The van der Waals surface area contributed by atoms with E-state index in [9.17, 15) is 4.79 Å². The highest BCUT2D eigenvalue weighted by Crippen LogP contribution is 2.25. The summed E-state index contributed by atoms with van der Waals surface area (Å²) in [6.07, 6.45) is 5.82. The van der Waals surface area contributed by atoms with Crippen LogP contribution in [0.4, 0.5) is 0 Å². The molecule has 0 aromatic heterocycles. The first-order valence-corrected chi connectivity index (χ1v) is 5.07. The minimum absolute atomic E-state index is 0.00696. The van der Waals surface area contributed by atoms with Crippen LogP contribution >= 0.6 is 0 Å². The molecular formula is C11H16N2O2. The third kappa shape index (κ3) is 2.04. The zero-order valence-corrected chi connectivity index (χ0v) is 9.28. The molecule has 0 saturated carbocycles. The highest BCUT2D eigenvalue weighted by Gasteiger charge is 2.30. The molecule has 15 heavy (non-hydrogen) atoms. The minimum atomic E-state index is -0.214. The minimum Gasteiger partial charge on any atom is -0.345 e. The Morgan fingerprint density at radius 1 is 1.60 bits per heavy atom. The highest BCUT2D eigenvalue weighted by atomic mass is 16.5. The Bertz CT molecular complexity index is 344. The number of amides is 1. The molecule has 0 aromatic rings. The van der Waals surface area contributed by atoms with E-state index < -0.39 is 0 Å². The third-order valence-electron chi connectivity index (χ3n) is 2.55. The molecule has 0 aliphatic carbocycles. The van der Waals surface area contributed by atoms with Gasteiger partial charge in [0.2, 0.25) is 5.91 Å². The van der Waals surface area contributed by atoms with E-state index in [0.29, 0.717) is 12.2 Å². The molecule has 0 bridgehead atoms. The first-order chi connectivity index (χ1) is 6.98. The lowest BCUT2D eigenvalue weighted by Gasteiger charge is -2.32. The van der Waals surface area contributed by atoms with Gasteiger partial charge in [-0.05, 0) is 26.8 Å². The number of nitrogens with one attached hydrogen (secondary N) is 1. The number of carbonyl (C=O) groups is 1. The maximum Gasteiger partial charge on any atom is 0.249 e. The van der Waals surface area contributed by atoms with Crippen LogP contribution in [0, 0.1) is 0 Å². The van der Waals surface area contributed by atoms with Crippen molar-refractivity contribution in [3.8, 4) is 0 Å². The fourth-order valence-electron chi connectivity index (χ4n) is 1.70. The monoisotopic (exact) mass is 208 g/mol. The molecule has 0 aromatic carbocycles. The number of nitrogens with zero attached hydrogens (tertiary/aromatic N) is 1. The summed E-state index contributed by atoms with van der Waals surface area (Å²) in [5, 5.41) is 2.79. The number of rotatable bonds is 1. The number of hydrogen-bond acceptors (Lipinski definition) is 3. The van der Waals surface area contributed by atoms with Gasteiger partial charge in [-0.2, -0.15) is 0 Å². The van der Waals surface area contributed by atoms with Gasteiger partial charge in [0.05, 0.1) is 12.3 Å². The molecule has 0 radical (unpaired) electrons. The van der Waals surface area contributed by atoms with Crippen molar-refractivity contribution in [2.75, 3.05) is 6.67 Å². The average molecular weight is 208 g/mol. The zero-order valence-electron chi connectivity index (χ0n) is 9.28. The van der Waals surface area contributed by atoms with Crippen LogP contribution in [-0.4, -0.2) is 29.3 Å². The fraction of sp³-hybridized carbons (Fsp3) is 0.545. The van der Waals surface area contributed by atoms with E-state index in [1.165, 1.54) is 0 Å². The number of carbonyl (C=O) groups excluding carboxylic acids is 1. The lowest BCUT2D eigenvalue weighted by Crippen LogP contribution is -2.45. The Balaban J connectivity index is 2.09. The van der Waals surface area contributed by atoms with Crippen molar-refractivity contribution < 1.29 is 9.53 Å². The summed E-state index contributed by atoms with van der Waals surface area (Å²) < 4.78 is 5.79. The van der Waals surface area contributed by atoms with Crippen molar-refractivity contribution in [2.24, 2.45) is 0 Å². The molecule has 2 rings (SSSR count). The molecular weight excluding hydrogens is 192 g/mol. The molecule has 1 atom stereocenters. The molecule has 1 N–H and O–H groups in total. The van der Waals surface area contributed by atoms with Crippen LogP contribution in [0.1, 0.15) is 20.8 Å². The van der Waals surface area contributed by atoms with Crippen molar-refractivity contribution in [2.45, 2.75) is 32.6 Å². The van der Waals surface area contributed by atoms with Crippen LogP contribution < -0.4 is 5.32 Å². The van der Waals surface area contributed by atoms with Gasteiger partial charge in [-0.15, -0.1) is 0 Å². The fourth-order valence-corrected chi connectivity index (χ4v) is 1.70. The predicted octanol–water partition coefficient (Wildman–Crippen LogP) is 0.971. The van der Waals surface area contributed by atoms with Crippen LogP contribution in [0.3, 0.4) is 0 Å². The summed E-state index contributed by atoms with van der Waals surface area (Å²) in [5.41, 5.74) is 0.497. The molecule has 1 amide bonds. The highest BCUT2D eigenvalue weighted by molar-refractivity contribution is 5.93. The van der Waals surface area contributed by atoms with Gasteiger partial charge >= 0.3 is 0 Å². The molecule has 2 aliphatic rings. The molecule has 4 heteroatoms. The lowest BCUT2D eigenvalue weighted by atomic mass is 10.1. The van der Waals surface area contributed by atoms with Gasteiger partial charge in [-0.3, -0.25) is 4.79 Å². The van der Waals surface area contributed by atoms with E-state index in [1.807, 2.05) is 37.1 Å². The summed E-state index contributed by atoms with van der Waals surface area (Å²) in [5.74, 6) is -0.00696. The van der Waals surface area contributed by atoms with E-state index >= 15 is 0 Å². The molecule has 0 fully saturated rings. The van der Waals surface area contributed by atoms with E-state index in [-0.39, 0.29) is 17.7 Å². The van der Waals surface area contributed by atoms with Crippen LogP contribution in [0.5, 0.6) is 0 Å². The maximum absolute atomic E-state index is 11.2. The normalized spacial score (nSPS) is 29.0. The Labute approximate surface area is 89.6 Å². The van der Waals surface area contributed by atoms with E-state index in [0.717, 1.165) is 0 Å². The van der Waals surface area contributed by atoms with Crippen molar-refractivity contribution in [3.05, 3.63) is 23.9 Å². The SMILES string of the molecule is CC1=CN(C2C=CC(C)(C)O2)CNC1=O. The summed E-state index contributed by atoms with van der Waals surface area (Å²) >= 11 is 0.